The van der Waals surface area contributed by atoms with Crippen LogP contribution in [0.5, 0.6) is 0 Å². The number of hydrogen-bond acceptors (Lipinski definition) is 5. The SMILES string of the molecule is CCn1c(SCC(=O)NN=Cc2ccccc2Cl)nnc1-c1ccccc1. The van der Waals surface area contributed by atoms with E-state index in [1.54, 1.807) is 6.07 Å². The van der Waals surface area contributed by atoms with E-state index in [4.69, 9.17) is 11.6 Å². The minimum absolute atomic E-state index is 0.187. The molecule has 27 heavy (non-hydrogen) atoms. The van der Waals surface area contributed by atoms with E-state index in [0.29, 0.717) is 16.7 Å². The van der Waals surface area contributed by atoms with E-state index in [-0.39, 0.29) is 11.7 Å². The molecule has 1 N–H and O–H groups in total. The van der Waals surface area contributed by atoms with Crippen LogP contribution in [0.4, 0.5) is 0 Å². The van der Waals surface area contributed by atoms with Crippen molar-refractivity contribution >= 4 is 35.5 Å². The summed E-state index contributed by atoms with van der Waals surface area (Å²) in [6, 6.07) is 17.1. The highest BCUT2D eigenvalue weighted by Gasteiger charge is 2.14. The lowest BCUT2D eigenvalue weighted by Gasteiger charge is -2.06. The lowest BCUT2D eigenvalue weighted by Crippen LogP contribution is -2.20. The van der Waals surface area contributed by atoms with Gasteiger partial charge in [-0.2, -0.15) is 5.10 Å². The molecule has 0 radical (unpaired) electrons. The van der Waals surface area contributed by atoms with Crippen LogP contribution in [0.1, 0.15) is 12.5 Å². The third-order valence-corrected chi connectivity index (χ3v) is 5.01. The number of halogens is 1. The summed E-state index contributed by atoms with van der Waals surface area (Å²) >= 11 is 7.36. The second kappa shape index (κ2) is 9.34. The Kier molecular flexibility index (Phi) is 6.62. The lowest BCUT2D eigenvalue weighted by molar-refractivity contribution is -0.118. The molecule has 0 saturated heterocycles. The zero-order chi connectivity index (χ0) is 19.1. The van der Waals surface area contributed by atoms with Crippen molar-refractivity contribution in [2.24, 2.45) is 5.10 Å². The van der Waals surface area contributed by atoms with Gasteiger partial charge in [0.2, 0.25) is 0 Å². The summed E-state index contributed by atoms with van der Waals surface area (Å²) in [5.41, 5.74) is 4.23. The van der Waals surface area contributed by atoms with Crippen LogP contribution in [0.15, 0.2) is 64.9 Å². The summed E-state index contributed by atoms with van der Waals surface area (Å²) in [5, 5.41) is 13.7. The van der Waals surface area contributed by atoms with Gasteiger partial charge in [-0.05, 0) is 13.0 Å². The number of hydrazone groups is 1. The molecule has 0 spiro atoms. The molecule has 1 aromatic heterocycles. The van der Waals surface area contributed by atoms with E-state index in [9.17, 15) is 4.79 Å². The minimum Gasteiger partial charge on any atom is -0.302 e. The van der Waals surface area contributed by atoms with Crippen LogP contribution in [0.25, 0.3) is 11.4 Å². The first-order valence-electron chi connectivity index (χ1n) is 8.37. The van der Waals surface area contributed by atoms with Crippen molar-refractivity contribution in [2.45, 2.75) is 18.6 Å². The highest BCUT2D eigenvalue weighted by molar-refractivity contribution is 7.99. The van der Waals surface area contributed by atoms with Crippen LogP contribution in [0, 0.1) is 0 Å². The van der Waals surface area contributed by atoms with Crippen molar-refractivity contribution in [3.63, 3.8) is 0 Å². The van der Waals surface area contributed by atoms with Gasteiger partial charge in [0.05, 0.1) is 12.0 Å². The van der Waals surface area contributed by atoms with Gasteiger partial charge in [0, 0.05) is 22.7 Å². The van der Waals surface area contributed by atoms with Crippen molar-refractivity contribution in [1.82, 2.24) is 20.2 Å². The molecule has 0 aliphatic rings. The number of nitrogens with one attached hydrogen (secondary N) is 1. The van der Waals surface area contributed by atoms with E-state index in [2.05, 4.69) is 20.7 Å². The molecule has 2 aromatic carbocycles. The van der Waals surface area contributed by atoms with Gasteiger partial charge in [0.1, 0.15) is 0 Å². The largest absolute Gasteiger partial charge is 0.302 e. The van der Waals surface area contributed by atoms with Crippen molar-refractivity contribution in [3.8, 4) is 11.4 Å². The first-order chi connectivity index (χ1) is 13.2. The Morgan fingerprint density at radius 1 is 1.19 bits per heavy atom. The van der Waals surface area contributed by atoms with Gasteiger partial charge < -0.3 is 4.57 Å². The summed E-state index contributed by atoms with van der Waals surface area (Å²) in [6.45, 7) is 2.74. The van der Waals surface area contributed by atoms with Crippen molar-refractivity contribution in [3.05, 3.63) is 65.2 Å². The number of nitrogens with zero attached hydrogens (tertiary/aromatic N) is 4. The number of rotatable bonds is 7. The average Bonchev–Trinajstić information content (AvgIpc) is 3.11. The molecule has 0 aliphatic heterocycles. The summed E-state index contributed by atoms with van der Waals surface area (Å²) in [6.07, 6.45) is 1.52. The Balaban J connectivity index is 1.59. The number of hydrogen-bond donors (Lipinski definition) is 1. The average molecular weight is 400 g/mol. The Hall–Kier alpha value is -2.64. The van der Waals surface area contributed by atoms with Gasteiger partial charge in [0.25, 0.3) is 5.91 Å². The normalized spacial score (nSPS) is 11.0. The molecule has 3 rings (SSSR count). The Labute approximate surface area is 166 Å². The maximum atomic E-state index is 12.0. The fourth-order valence-electron chi connectivity index (χ4n) is 2.40. The molecular weight excluding hydrogens is 382 g/mol. The summed E-state index contributed by atoms with van der Waals surface area (Å²) in [4.78, 5) is 12.0. The maximum Gasteiger partial charge on any atom is 0.250 e. The Morgan fingerprint density at radius 3 is 2.67 bits per heavy atom. The summed E-state index contributed by atoms with van der Waals surface area (Å²) < 4.78 is 1.99. The molecule has 0 aliphatic carbocycles. The van der Waals surface area contributed by atoms with Crippen LogP contribution in [-0.4, -0.2) is 32.6 Å². The second-order valence-corrected chi connectivity index (χ2v) is 6.87. The fraction of sp³-hybridized carbons (Fsp3) is 0.158. The van der Waals surface area contributed by atoms with E-state index in [0.717, 1.165) is 17.0 Å². The zero-order valence-corrected chi connectivity index (χ0v) is 16.2. The highest BCUT2D eigenvalue weighted by atomic mass is 35.5. The number of thioether (sulfide) groups is 1. The molecular formula is C19H18ClN5OS. The molecule has 3 aromatic rings. The van der Waals surface area contributed by atoms with Gasteiger partial charge in [-0.15, -0.1) is 10.2 Å². The highest BCUT2D eigenvalue weighted by Crippen LogP contribution is 2.23. The predicted molar refractivity (Wildman–Crippen MR) is 109 cm³/mol. The molecule has 8 heteroatoms. The molecule has 0 unspecified atom stereocenters. The monoisotopic (exact) mass is 399 g/mol. The van der Waals surface area contributed by atoms with Crippen molar-refractivity contribution < 1.29 is 4.79 Å². The molecule has 6 nitrogen and oxygen atoms in total. The van der Waals surface area contributed by atoms with Gasteiger partial charge in [-0.1, -0.05) is 71.9 Å². The molecule has 0 fully saturated rings. The smallest absolute Gasteiger partial charge is 0.250 e. The van der Waals surface area contributed by atoms with Crippen LogP contribution < -0.4 is 5.43 Å². The van der Waals surface area contributed by atoms with Gasteiger partial charge >= 0.3 is 0 Å². The van der Waals surface area contributed by atoms with E-state index < -0.39 is 0 Å². The number of carbonyl (C=O) groups is 1. The van der Waals surface area contributed by atoms with Crippen LogP contribution in [0.2, 0.25) is 5.02 Å². The third kappa shape index (κ3) is 4.96. The number of carbonyl (C=O) groups excluding carboxylic acids is 1. The summed E-state index contributed by atoms with van der Waals surface area (Å²) in [7, 11) is 0. The number of aromatic nitrogens is 3. The maximum absolute atomic E-state index is 12.0. The van der Waals surface area contributed by atoms with Gasteiger partial charge in [0.15, 0.2) is 11.0 Å². The topological polar surface area (TPSA) is 72.2 Å². The van der Waals surface area contributed by atoms with Crippen LogP contribution >= 0.6 is 23.4 Å². The predicted octanol–water partition coefficient (Wildman–Crippen LogP) is 3.86. The van der Waals surface area contributed by atoms with Crippen LogP contribution in [-0.2, 0) is 11.3 Å². The van der Waals surface area contributed by atoms with Crippen LogP contribution in [0.3, 0.4) is 0 Å². The number of benzene rings is 2. The van der Waals surface area contributed by atoms with Crippen molar-refractivity contribution in [1.29, 1.82) is 0 Å². The first-order valence-corrected chi connectivity index (χ1v) is 9.73. The molecule has 0 bridgehead atoms. The van der Waals surface area contributed by atoms with Gasteiger partial charge in [-0.3, -0.25) is 4.79 Å². The lowest BCUT2D eigenvalue weighted by atomic mass is 10.2. The van der Waals surface area contributed by atoms with Gasteiger partial charge in [-0.25, -0.2) is 5.43 Å². The summed E-state index contributed by atoms with van der Waals surface area (Å²) in [5.74, 6) is 0.750. The van der Waals surface area contributed by atoms with E-state index >= 15 is 0 Å². The molecule has 138 valence electrons. The Bertz CT molecular complexity index is 942. The zero-order valence-electron chi connectivity index (χ0n) is 14.7. The fourth-order valence-corrected chi connectivity index (χ4v) is 3.38. The molecule has 0 atom stereocenters. The standard InChI is InChI=1S/C19H18ClN5OS/c1-2-25-18(14-8-4-3-5-9-14)23-24-19(25)27-13-17(26)22-21-12-15-10-6-7-11-16(15)20/h3-12H,2,13H2,1H3,(H,22,26). The minimum atomic E-state index is -0.227. The molecule has 1 amide bonds. The number of amides is 1. The van der Waals surface area contributed by atoms with E-state index in [1.165, 1.54) is 18.0 Å². The first kappa shape index (κ1) is 19.1. The van der Waals surface area contributed by atoms with E-state index in [1.807, 2.05) is 60.0 Å². The molecule has 0 saturated carbocycles. The third-order valence-electron chi connectivity index (χ3n) is 3.70. The Morgan fingerprint density at radius 2 is 1.93 bits per heavy atom. The quantitative estimate of drug-likeness (QED) is 0.372. The molecule has 1 heterocycles. The van der Waals surface area contributed by atoms with Crippen molar-refractivity contribution in [2.75, 3.05) is 5.75 Å². The second-order valence-electron chi connectivity index (χ2n) is 5.52.